The third-order valence-corrected chi connectivity index (χ3v) is 7.72. The van der Waals surface area contributed by atoms with Crippen molar-refractivity contribution in [3.63, 3.8) is 0 Å². The second-order valence-corrected chi connectivity index (χ2v) is 9.72. The third kappa shape index (κ3) is 3.46. The summed E-state index contributed by atoms with van der Waals surface area (Å²) in [7, 11) is 0. The predicted molar refractivity (Wildman–Crippen MR) is 125 cm³/mol. The van der Waals surface area contributed by atoms with Crippen molar-refractivity contribution >= 4 is 40.0 Å². The first-order chi connectivity index (χ1) is 14.3. The van der Waals surface area contributed by atoms with Crippen molar-refractivity contribution in [3.05, 3.63) is 67.3 Å². The van der Waals surface area contributed by atoms with Crippen LogP contribution in [0.15, 0.2) is 29.2 Å². The predicted octanol–water partition coefficient (Wildman–Crippen LogP) is 5.54. The van der Waals surface area contributed by atoms with Crippen LogP contribution in [0.25, 0.3) is 11.8 Å². The fourth-order valence-electron chi connectivity index (χ4n) is 3.76. The molecule has 5 nitrogen and oxygen atoms in total. The minimum atomic E-state index is -0.610. The number of aryl methyl sites for hydroxylation is 3. The maximum Gasteiger partial charge on any atom is 0.186 e. The van der Waals surface area contributed by atoms with E-state index in [1.54, 1.807) is 0 Å². The minimum absolute atomic E-state index is 0.0552. The van der Waals surface area contributed by atoms with Gasteiger partial charge in [0, 0.05) is 17.1 Å². The lowest BCUT2D eigenvalue weighted by Crippen LogP contribution is -2.11. The van der Waals surface area contributed by atoms with Crippen LogP contribution in [-0.4, -0.2) is 25.6 Å². The normalized spacial score (nSPS) is 18.0. The molecule has 1 aliphatic heterocycles. The van der Waals surface area contributed by atoms with Crippen LogP contribution in [0.2, 0.25) is 0 Å². The van der Waals surface area contributed by atoms with E-state index < -0.39 is 5.92 Å². The number of hydrogen-bond donors (Lipinski definition) is 1. The van der Waals surface area contributed by atoms with Gasteiger partial charge in [0.1, 0.15) is 15.9 Å². The lowest BCUT2D eigenvalue weighted by atomic mass is 10.1. The molecule has 1 aromatic carbocycles. The molecule has 1 fully saturated rings. The standard InChI is InChI=1S/C23H24N4OS2/c1-6-19-25-26-23(30-19)20-21(28)18(29-22(20)24)11-16-10-13(3)27(15(16)5)17-9-7-8-12(2)14(17)4/h7-11,20,24H,6H2,1-5H3/b18-11-,24-22?/t20-/m1/s1. The topological polar surface area (TPSA) is 71.6 Å². The lowest BCUT2D eigenvalue weighted by molar-refractivity contribution is -0.114. The SMILES string of the molecule is CCc1nnc([C@H]2C(=N)S/C(=C\c3cc(C)n(-c4cccc(C)c4C)c3C)C2=O)s1. The Morgan fingerprint density at radius 3 is 2.67 bits per heavy atom. The van der Waals surface area contributed by atoms with Gasteiger partial charge in [-0.05, 0) is 69.0 Å². The zero-order chi connectivity index (χ0) is 21.6. The molecule has 1 aliphatic rings. The Balaban J connectivity index is 1.71. The molecule has 0 aliphatic carbocycles. The van der Waals surface area contributed by atoms with Gasteiger partial charge in [0.15, 0.2) is 5.78 Å². The van der Waals surface area contributed by atoms with E-state index in [0.29, 0.717) is 15.0 Å². The molecule has 30 heavy (non-hydrogen) atoms. The van der Waals surface area contributed by atoms with Crippen molar-refractivity contribution in [2.45, 2.75) is 47.0 Å². The van der Waals surface area contributed by atoms with E-state index in [0.717, 1.165) is 34.1 Å². The highest BCUT2D eigenvalue weighted by atomic mass is 32.2. The van der Waals surface area contributed by atoms with Crippen molar-refractivity contribution in [1.82, 2.24) is 14.8 Å². The van der Waals surface area contributed by atoms with Gasteiger partial charge in [-0.2, -0.15) is 0 Å². The average molecular weight is 437 g/mol. The number of carbonyl (C=O) groups excluding carboxylic acids is 1. The van der Waals surface area contributed by atoms with Crippen LogP contribution in [-0.2, 0) is 11.2 Å². The Bertz CT molecular complexity index is 1200. The molecule has 0 radical (unpaired) electrons. The maximum absolute atomic E-state index is 13.1. The molecule has 7 heteroatoms. The van der Waals surface area contributed by atoms with Gasteiger partial charge < -0.3 is 4.57 Å². The number of allylic oxidation sites excluding steroid dienone is 1. The summed E-state index contributed by atoms with van der Waals surface area (Å²) in [6.07, 6.45) is 2.71. The molecule has 3 heterocycles. The molecule has 1 N–H and O–H groups in total. The van der Waals surface area contributed by atoms with E-state index in [4.69, 9.17) is 5.41 Å². The number of nitrogens with one attached hydrogen (secondary N) is 1. The highest BCUT2D eigenvalue weighted by Crippen LogP contribution is 2.42. The second kappa shape index (κ2) is 7.96. The first-order valence-electron chi connectivity index (χ1n) is 9.91. The first-order valence-corrected chi connectivity index (χ1v) is 11.5. The smallest absolute Gasteiger partial charge is 0.186 e. The Labute approximate surface area is 184 Å². The van der Waals surface area contributed by atoms with E-state index >= 15 is 0 Å². The van der Waals surface area contributed by atoms with Gasteiger partial charge in [0.05, 0.1) is 9.95 Å². The number of rotatable bonds is 4. The summed E-state index contributed by atoms with van der Waals surface area (Å²) in [5.74, 6) is -0.665. The number of hydrogen-bond acceptors (Lipinski definition) is 6. The van der Waals surface area contributed by atoms with Gasteiger partial charge in [0.25, 0.3) is 0 Å². The summed E-state index contributed by atoms with van der Waals surface area (Å²) in [5.41, 5.74) is 6.86. The van der Waals surface area contributed by atoms with Crippen molar-refractivity contribution in [2.24, 2.45) is 0 Å². The van der Waals surface area contributed by atoms with Crippen LogP contribution in [0.4, 0.5) is 0 Å². The van der Waals surface area contributed by atoms with Gasteiger partial charge in [-0.15, -0.1) is 21.5 Å². The third-order valence-electron chi connectivity index (χ3n) is 5.59. The minimum Gasteiger partial charge on any atom is -0.318 e. The number of thioether (sulfide) groups is 1. The molecule has 4 rings (SSSR count). The van der Waals surface area contributed by atoms with E-state index in [9.17, 15) is 4.79 Å². The number of benzene rings is 1. The van der Waals surface area contributed by atoms with Crippen LogP contribution in [0.1, 0.15) is 50.9 Å². The Morgan fingerprint density at radius 1 is 1.20 bits per heavy atom. The van der Waals surface area contributed by atoms with Crippen molar-refractivity contribution in [3.8, 4) is 5.69 Å². The summed E-state index contributed by atoms with van der Waals surface area (Å²) in [4.78, 5) is 13.7. The fourth-order valence-corrected chi connectivity index (χ4v) is 5.71. The molecule has 1 atom stereocenters. The van der Waals surface area contributed by atoms with Crippen LogP contribution < -0.4 is 0 Å². The molecule has 3 aromatic rings. The highest BCUT2D eigenvalue weighted by molar-refractivity contribution is 8.19. The molecular formula is C23H24N4OS2. The van der Waals surface area contributed by atoms with Crippen LogP contribution in [0, 0.1) is 33.1 Å². The quantitative estimate of drug-likeness (QED) is 0.545. The molecule has 0 unspecified atom stereocenters. The first kappa shape index (κ1) is 20.8. The Hall–Kier alpha value is -2.51. The summed E-state index contributed by atoms with van der Waals surface area (Å²) in [6, 6.07) is 8.42. The van der Waals surface area contributed by atoms with Crippen LogP contribution >= 0.6 is 23.1 Å². The van der Waals surface area contributed by atoms with E-state index in [1.165, 1.54) is 34.2 Å². The monoisotopic (exact) mass is 436 g/mol. The summed E-state index contributed by atoms with van der Waals surface area (Å²) in [6.45, 7) is 10.4. The zero-order valence-electron chi connectivity index (χ0n) is 17.7. The molecule has 1 saturated heterocycles. The van der Waals surface area contributed by atoms with Gasteiger partial charge in [-0.25, -0.2) is 0 Å². The summed E-state index contributed by atoms with van der Waals surface area (Å²) in [5, 5.41) is 18.5. The van der Waals surface area contributed by atoms with Crippen molar-refractivity contribution in [1.29, 1.82) is 5.41 Å². The number of nitrogens with zero attached hydrogens (tertiary/aromatic N) is 3. The number of aromatic nitrogens is 3. The molecule has 0 amide bonds. The van der Waals surface area contributed by atoms with Crippen molar-refractivity contribution < 1.29 is 4.79 Å². The molecule has 154 valence electrons. The van der Waals surface area contributed by atoms with Crippen LogP contribution in [0.5, 0.6) is 0 Å². The largest absolute Gasteiger partial charge is 0.318 e. The van der Waals surface area contributed by atoms with E-state index in [-0.39, 0.29) is 5.78 Å². The molecule has 0 spiro atoms. The molecule has 0 saturated carbocycles. The van der Waals surface area contributed by atoms with Crippen molar-refractivity contribution in [2.75, 3.05) is 0 Å². The Kier molecular flexibility index (Phi) is 5.51. The molecular weight excluding hydrogens is 412 g/mol. The maximum atomic E-state index is 13.1. The summed E-state index contributed by atoms with van der Waals surface area (Å²) >= 11 is 2.67. The number of Topliss-reactive ketones (excluding diaryl/α,β-unsaturated/α-hetero) is 1. The second-order valence-electron chi connectivity index (χ2n) is 7.54. The van der Waals surface area contributed by atoms with Gasteiger partial charge in [-0.1, -0.05) is 30.8 Å². The summed E-state index contributed by atoms with van der Waals surface area (Å²) < 4.78 is 2.24. The lowest BCUT2D eigenvalue weighted by Gasteiger charge is -2.14. The Morgan fingerprint density at radius 2 is 1.97 bits per heavy atom. The zero-order valence-corrected chi connectivity index (χ0v) is 19.4. The number of ketones is 1. The van der Waals surface area contributed by atoms with Gasteiger partial charge >= 0.3 is 0 Å². The van der Waals surface area contributed by atoms with Gasteiger partial charge in [0.2, 0.25) is 0 Å². The number of carbonyl (C=O) groups is 1. The van der Waals surface area contributed by atoms with E-state index in [1.807, 2.05) is 13.0 Å². The van der Waals surface area contributed by atoms with E-state index in [2.05, 4.69) is 66.7 Å². The highest BCUT2D eigenvalue weighted by Gasteiger charge is 2.39. The average Bonchev–Trinajstić information content (AvgIpc) is 3.36. The molecule has 0 bridgehead atoms. The fraction of sp³-hybridized carbons (Fsp3) is 0.304. The van der Waals surface area contributed by atoms with Crippen LogP contribution in [0.3, 0.4) is 0 Å². The van der Waals surface area contributed by atoms with Gasteiger partial charge in [-0.3, -0.25) is 10.2 Å². The molecule has 2 aromatic heterocycles.